The van der Waals surface area contributed by atoms with Gasteiger partial charge < -0.3 is 14.0 Å². The molecule has 0 saturated carbocycles. The number of ether oxygens (including phenoxy) is 2. The number of benzene rings is 1. The summed E-state index contributed by atoms with van der Waals surface area (Å²) in [5.74, 6) is -0.593. The monoisotopic (exact) mass is 359 g/mol. The van der Waals surface area contributed by atoms with Crippen LogP contribution < -0.4 is 10.3 Å². The van der Waals surface area contributed by atoms with Crippen LogP contribution in [0.4, 0.5) is 4.39 Å². The smallest absolute Gasteiger partial charge is 0.344 e. The van der Waals surface area contributed by atoms with E-state index in [-0.39, 0.29) is 23.7 Å². The highest BCUT2D eigenvalue weighted by Crippen LogP contribution is 2.26. The maximum absolute atomic E-state index is 13.0. The molecule has 1 aliphatic rings. The Morgan fingerprint density at radius 3 is 2.69 bits per heavy atom. The second-order valence-electron chi connectivity index (χ2n) is 6.27. The van der Waals surface area contributed by atoms with Gasteiger partial charge in [0.25, 0.3) is 5.56 Å². The summed E-state index contributed by atoms with van der Waals surface area (Å²) in [6.45, 7) is 2.78. The Labute approximate surface area is 151 Å². The molecule has 1 aromatic carbocycles. The fraction of sp³-hybridized carbons (Fsp3) is 0.400. The lowest BCUT2D eigenvalue weighted by Crippen LogP contribution is -2.26. The van der Waals surface area contributed by atoms with Gasteiger partial charge in [-0.3, -0.25) is 4.79 Å². The number of esters is 1. The molecule has 0 fully saturated rings. The van der Waals surface area contributed by atoms with Crippen LogP contribution >= 0.6 is 0 Å². The summed E-state index contributed by atoms with van der Waals surface area (Å²) >= 11 is 0. The number of carbonyl (C=O) groups is 1. The number of halogens is 1. The van der Waals surface area contributed by atoms with E-state index in [1.54, 1.807) is 23.6 Å². The normalized spacial score (nSPS) is 13.6. The maximum Gasteiger partial charge on any atom is 0.344 e. The molecule has 0 aliphatic carbocycles. The van der Waals surface area contributed by atoms with Crippen LogP contribution in [0.25, 0.3) is 0 Å². The molecule has 0 unspecified atom stereocenters. The van der Waals surface area contributed by atoms with Crippen LogP contribution in [0.5, 0.6) is 5.75 Å². The molecule has 3 rings (SSSR count). The van der Waals surface area contributed by atoms with Gasteiger partial charge >= 0.3 is 5.97 Å². The zero-order chi connectivity index (χ0) is 18.5. The van der Waals surface area contributed by atoms with E-state index >= 15 is 0 Å². The Hall–Kier alpha value is -2.63. The quantitative estimate of drug-likeness (QED) is 0.767. The van der Waals surface area contributed by atoms with Crippen LogP contribution in [0.3, 0.4) is 0 Å². The largest absolute Gasteiger partial charge is 0.493 e. The first-order valence-corrected chi connectivity index (χ1v) is 8.91. The van der Waals surface area contributed by atoms with Crippen molar-refractivity contribution in [2.75, 3.05) is 6.61 Å². The third-order valence-corrected chi connectivity index (χ3v) is 4.46. The topological polar surface area (TPSA) is 57.5 Å². The molecule has 2 aromatic rings. The number of fused-ring (bicyclic) bond motifs is 1. The first-order valence-electron chi connectivity index (χ1n) is 8.91. The van der Waals surface area contributed by atoms with Crippen LogP contribution in [0, 0.1) is 5.82 Å². The van der Waals surface area contributed by atoms with Gasteiger partial charge in [0, 0.05) is 18.3 Å². The van der Waals surface area contributed by atoms with Crippen molar-refractivity contribution in [2.24, 2.45) is 0 Å². The van der Waals surface area contributed by atoms with Crippen molar-refractivity contribution >= 4 is 5.97 Å². The lowest BCUT2D eigenvalue weighted by Gasteiger charge is -2.17. The molecule has 1 aromatic heterocycles. The lowest BCUT2D eigenvalue weighted by atomic mass is 10.1. The highest BCUT2D eigenvalue weighted by atomic mass is 19.1. The number of hydrogen-bond donors (Lipinski definition) is 0. The predicted octanol–water partition coefficient (Wildman–Crippen LogP) is 3.47. The molecule has 0 saturated heterocycles. The molecule has 6 heteroatoms. The van der Waals surface area contributed by atoms with Crippen molar-refractivity contribution in [1.29, 1.82) is 0 Å². The van der Waals surface area contributed by atoms with E-state index in [9.17, 15) is 14.0 Å². The predicted molar refractivity (Wildman–Crippen MR) is 94.9 cm³/mol. The molecule has 0 N–H and O–H groups in total. The van der Waals surface area contributed by atoms with Gasteiger partial charge in [-0.15, -0.1) is 0 Å². The molecule has 138 valence electrons. The van der Waals surface area contributed by atoms with Gasteiger partial charge in [0.2, 0.25) is 0 Å². The van der Waals surface area contributed by atoms with Crippen molar-refractivity contribution < 1.29 is 18.7 Å². The highest BCUT2D eigenvalue weighted by molar-refractivity contribution is 5.93. The first-order chi connectivity index (χ1) is 12.6. The third-order valence-electron chi connectivity index (χ3n) is 4.46. The Morgan fingerprint density at radius 2 is 1.96 bits per heavy atom. The van der Waals surface area contributed by atoms with E-state index in [1.165, 1.54) is 18.2 Å². The number of aromatic nitrogens is 1. The molecule has 26 heavy (non-hydrogen) atoms. The fourth-order valence-corrected chi connectivity index (χ4v) is 3.21. The summed E-state index contributed by atoms with van der Waals surface area (Å²) in [7, 11) is 0. The van der Waals surface area contributed by atoms with Crippen LogP contribution in [-0.4, -0.2) is 17.1 Å². The average molecular weight is 359 g/mol. The molecule has 0 radical (unpaired) electrons. The third kappa shape index (κ3) is 3.95. The Morgan fingerprint density at radius 1 is 1.19 bits per heavy atom. The zero-order valence-corrected chi connectivity index (χ0v) is 14.8. The zero-order valence-electron chi connectivity index (χ0n) is 14.8. The van der Waals surface area contributed by atoms with E-state index in [0.717, 1.165) is 19.3 Å². The molecule has 2 heterocycles. The number of hydrogen-bond acceptors (Lipinski definition) is 4. The minimum absolute atomic E-state index is 0.0310. The van der Waals surface area contributed by atoms with Crippen LogP contribution in [-0.2, 0) is 24.3 Å². The first kappa shape index (κ1) is 18.2. The van der Waals surface area contributed by atoms with Crippen LogP contribution in [0.2, 0.25) is 0 Å². The highest BCUT2D eigenvalue weighted by Gasteiger charge is 2.24. The van der Waals surface area contributed by atoms with Gasteiger partial charge in [-0.25, -0.2) is 9.18 Å². The summed E-state index contributed by atoms with van der Waals surface area (Å²) in [5.41, 5.74) is 1.55. The second kappa shape index (κ2) is 8.17. The molecule has 0 atom stereocenters. The van der Waals surface area contributed by atoms with Gasteiger partial charge in [-0.2, -0.15) is 0 Å². The fourth-order valence-electron chi connectivity index (χ4n) is 3.21. The summed E-state index contributed by atoms with van der Waals surface area (Å²) in [6.07, 6.45) is 3.46. The van der Waals surface area contributed by atoms with Gasteiger partial charge in [0.1, 0.15) is 23.7 Å². The Bertz CT molecular complexity index is 842. The second-order valence-corrected chi connectivity index (χ2v) is 6.27. The molecule has 0 spiro atoms. The molecule has 5 nitrogen and oxygen atoms in total. The molecule has 0 bridgehead atoms. The molecular weight excluding hydrogens is 337 g/mol. The van der Waals surface area contributed by atoms with E-state index in [0.29, 0.717) is 36.4 Å². The average Bonchev–Trinajstić information content (AvgIpc) is 2.88. The summed E-state index contributed by atoms with van der Waals surface area (Å²) in [5, 5.41) is 0. The van der Waals surface area contributed by atoms with E-state index in [1.807, 2.05) is 0 Å². The minimum atomic E-state index is -0.525. The van der Waals surface area contributed by atoms with Crippen molar-refractivity contribution in [3.05, 3.63) is 63.3 Å². The number of rotatable bonds is 5. The maximum atomic E-state index is 13.0. The molecule has 1 aliphatic heterocycles. The van der Waals surface area contributed by atoms with Crippen molar-refractivity contribution in [3.63, 3.8) is 0 Å². The molecular formula is C20H22FNO4. The van der Waals surface area contributed by atoms with Crippen molar-refractivity contribution in [2.45, 2.75) is 45.8 Å². The van der Waals surface area contributed by atoms with Crippen LogP contribution in [0.15, 0.2) is 35.1 Å². The number of carbonyl (C=O) groups excluding carboxylic acids is 1. The number of nitrogens with zero attached hydrogens (tertiary/aromatic N) is 1. The van der Waals surface area contributed by atoms with E-state index < -0.39 is 5.97 Å². The SMILES string of the molecule is CCOc1cc(=O)n2c(c1C(=O)OCc1ccc(F)cc1)CCCCC2. The number of pyridine rings is 1. The van der Waals surface area contributed by atoms with Gasteiger partial charge in [0.15, 0.2) is 0 Å². The van der Waals surface area contributed by atoms with Crippen LogP contribution in [0.1, 0.15) is 47.8 Å². The van der Waals surface area contributed by atoms with E-state index in [4.69, 9.17) is 9.47 Å². The van der Waals surface area contributed by atoms with Gasteiger partial charge in [-0.1, -0.05) is 18.6 Å². The lowest BCUT2D eigenvalue weighted by molar-refractivity contribution is 0.0465. The van der Waals surface area contributed by atoms with Gasteiger partial charge in [0.05, 0.1) is 6.61 Å². The minimum Gasteiger partial charge on any atom is -0.493 e. The van der Waals surface area contributed by atoms with E-state index in [2.05, 4.69) is 0 Å². The summed E-state index contributed by atoms with van der Waals surface area (Å²) in [6, 6.07) is 7.16. The van der Waals surface area contributed by atoms with Gasteiger partial charge in [-0.05, 0) is 43.9 Å². The van der Waals surface area contributed by atoms with Crippen molar-refractivity contribution in [3.8, 4) is 5.75 Å². The molecule has 0 amide bonds. The Kier molecular flexibility index (Phi) is 5.71. The van der Waals surface area contributed by atoms with Crippen molar-refractivity contribution in [1.82, 2.24) is 4.57 Å². The summed E-state index contributed by atoms with van der Waals surface area (Å²) < 4.78 is 25.6. The Balaban J connectivity index is 1.92. The standard InChI is InChI=1S/C20H22FNO4/c1-2-25-17-12-18(23)22-11-5-3-4-6-16(22)19(17)20(24)26-13-14-7-9-15(21)10-8-14/h7-10,12H,2-6,11,13H2,1H3. The summed E-state index contributed by atoms with van der Waals surface area (Å²) in [4.78, 5) is 25.2.